The van der Waals surface area contributed by atoms with E-state index in [-0.39, 0.29) is 0 Å². The van der Waals surface area contributed by atoms with Crippen LogP contribution in [0.5, 0.6) is 0 Å². The Balaban J connectivity index is 1.72. The number of imidazole rings is 1. The molecule has 2 aromatic rings. The number of rotatable bonds is 5. The van der Waals surface area contributed by atoms with Crippen molar-refractivity contribution in [3.05, 3.63) is 28.8 Å². The minimum atomic E-state index is 0.938. The number of aromatic amines is 1. The summed E-state index contributed by atoms with van der Waals surface area (Å²) >= 11 is 1.72. The SMILES string of the molecule is Cc1nc(NCCCc2ncc[nH]2)sc1C. The molecule has 0 saturated carbocycles. The van der Waals surface area contributed by atoms with E-state index in [2.05, 4.69) is 27.2 Å². The molecule has 0 amide bonds. The number of nitrogens with one attached hydrogen (secondary N) is 2. The van der Waals surface area contributed by atoms with Crippen LogP contribution in [-0.2, 0) is 6.42 Å². The van der Waals surface area contributed by atoms with Crippen molar-refractivity contribution in [1.82, 2.24) is 15.0 Å². The topological polar surface area (TPSA) is 53.6 Å². The minimum Gasteiger partial charge on any atom is -0.361 e. The Bertz CT molecular complexity index is 413. The zero-order valence-corrected chi connectivity index (χ0v) is 10.4. The number of hydrogen-bond donors (Lipinski definition) is 2. The maximum Gasteiger partial charge on any atom is 0.183 e. The number of aryl methyl sites for hydroxylation is 3. The molecule has 0 unspecified atom stereocenters. The van der Waals surface area contributed by atoms with E-state index in [0.29, 0.717) is 0 Å². The zero-order valence-electron chi connectivity index (χ0n) is 9.58. The quantitative estimate of drug-likeness (QED) is 0.784. The van der Waals surface area contributed by atoms with Crippen molar-refractivity contribution in [2.24, 2.45) is 0 Å². The van der Waals surface area contributed by atoms with Gasteiger partial charge in [-0.25, -0.2) is 9.97 Å². The van der Waals surface area contributed by atoms with Gasteiger partial charge in [0.25, 0.3) is 0 Å². The van der Waals surface area contributed by atoms with Gasteiger partial charge in [0.15, 0.2) is 5.13 Å². The Kier molecular flexibility index (Phi) is 3.56. The fraction of sp³-hybridized carbons (Fsp3) is 0.455. The van der Waals surface area contributed by atoms with E-state index in [1.165, 1.54) is 4.88 Å². The van der Waals surface area contributed by atoms with Gasteiger partial charge in [-0.2, -0.15) is 0 Å². The monoisotopic (exact) mass is 236 g/mol. The summed E-state index contributed by atoms with van der Waals surface area (Å²) < 4.78 is 0. The number of aromatic nitrogens is 3. The van der Waals surface area contributed by atoms with Crippen LogP contribution in [-0.4, -0.2) is 21.5 Å². The van der Waals surface area contributed by atoms with Gasteiger partial charge in [0.1, 0.15) is 5.82 Å². The van der Waals surface area contributed by atoms with Crippen molar-refractivity contribution in [1.29, 1.82) is 0 Å². The molecular formula is C11H16N4S. The van der Waals surface area contributed by atoms with Gasteiger partial charge < -0.3 is 10.3 Å². The summed E-state index contributed by atoms with van der Waals surface area (Å²) in [7, 11) is 0. The fourth-order valence-corrected chi connectivity index (χ4v) is 2.27. The Hall–Kier alpha value is -1.36. The Morgan fingerprint density at radius 3 is 2.94 bits per heavy atom. The molecule has 0 saturated heterocycles. The maximum atomic E-state index is 4.43. The lowest BCUT2D eigenvalue weighted by molar-refractivity contribution is 0.815. The van der Waals surface area contributed by atoms with E-state index in [1.54, 1.807) is 17.5 Å². The highest BCUT2D eigenvalue weighted by atomic mass is 32.1. The fourth-order valence-electron chi connectivity index (χ4n) is 1.43. The second-order valence-corrected chi connectivity index (χ2v) is 4.93. The number of hydrogen-bond acceptors (Lipinski definition) is 4. The van der Waals surface area contributed by atoms with Crippen molar-refractivity contribution in [3.63, 3.8) is 0 Å². The molecule has 2 N–H and O–H groups in total. The molecule has 0 spiro atoms. The molecule has 86 valence electrons. The summed E-state index contributed by atoms with van der Waals surface area (Å²) in [5.74, 6) is 1.05. The van der Waals surface area contributed by atoms with Crippen LogP contribution in [0.3, 0.4) is 0 Å². The second kappa shape index (κ2) is 5.12. The first-order chi connectivity index (χ1) is 7.75. The lowest BCUT2D eigenvalue weighted by Crippen LogP contribution is -2.03. The van der Waals surface area contributed by atoms with Crippen molar-refractivity contribution < 1.29 is 0 Å². The van der Waals surface area contributed by atoms with Gasteiger partial charge >= 0.3 is 0 Å². The van der Waals surface area contributed by atoms with E-state index in [4.69, 9.17) is 0 Å². The number of thiazole rings is 1. The summed E-state index contributed by atoms with van der Waals surface area (Å²) in [5.41, 5.74) is 1.12. The highest BCUT2D eigenvalue weighted by Crippen LogP contribution is 2.20. The molecule has 0 fully saturated rings. The van der Waals surface area contributed by atoms with Gasteiger partial charge in [0.2, 0.25) is 0 Å². The molecule has 5 heteroatoms. The highest BCUT2D eigenvalue weighted by molar-refractivity contribution is 7.15. The predicted octanol–water partition coefficient (Wildman–Crippen LogP) is 2.53. The maximum absolute atomic E-state index is 4.43. The number of H-pyrrole nitrogens is 1. The first-order valence-electron chi connectivity index (χ1n) is 5.42. The van der Waals surface area contributed by atoms with E-state index in [1.807, 2.05) is 13.1 Å². The molecule has 0 aliphatic rings. The molecule has 2 rings (SSSR count). The van der Waals surface area contributed by atoms with Crippen LogP contribution >= 0.6 is 11.3 Å². The normalized spacial score (nSPS) is 10.6. The molecule has 0 radical (unpaired) electrons. The smallest absolute Gasteiger partial charge is 0.183 e. The van der Waals surface area contributed by atoms with E-state index in [0.717, 1.165) is 36.0 Å². The highest BCUT2D eigenvalue weighted by Gasteiger charge is 2.02. The summed E-state index contributed by atoms with van der Waals surface area (Å²) in [5, 5.41) is 4.36. The van der Waals surface area contributed by atoms with Crippen LogP contribution in [0.1, 0.15) is 22.8 Å². The zero-order chi connectivity index (χ0) is 11.4. The van der Waals surface area contributed by atoms with Gasteiger partial charge in [-0.15, -0.1) is 11.3 Å². The summed E-state index contributed by atoms with van der Waals surface area (Å²) in [6, 6.07) is 0. The van der Waals surface area contributed by atoms with E-state index < -0.39 is 0 Å². The molecule has 2 aromatic heterocycles. The van der Waals surface area contributed by atoms with Crippen molar-refractivity contribution in [3.8, 4) is 0 Å². The third-order valence-electron chi connectivity index (χ3n) is 2.45. The van der Waals surface area contributed by atoms with Crippen molar-refractivity contribution in [2.45, 2.75) is 26.7 Å². The van der Waals surface area contributed by atoms with Gasteiger partial charge in [0, 0.05) is 30.2 Å². The van der Waals surface area contributed by atoms with E-state index in [9.17, 15) is 0 Å². The van der Waals surface area contributed by atoms with E-state index >= 15 is 0 Å². The van der Waals surface area contributed by atoms with Crippen LogP contribution < -0.4 is 5.32 Å². The van der Waals surface area contributed by atoms with Crippen LogP contribution in [0.2, 0.25) is 0 Å². The van der Waals surface area contributed by atoms with Gasteiger partial charge in [-0.3, -0.25) is 0 Å². The third-order valence-corrected chi connectivity index (χ3v) is 3.48. The molecule has 16 heavy (non-hydrogen) atoms. The van der Waals surface area contributed by atoms with Crippen LogP contribution in [0.4, 0.5) is 5.13 Å². The number of nitrogens with zero attached hydrogens (tertiary/aromatic N) is 2. The first kappa shape index (κ1) is 11.1. The van der Waals surface area contributed by atoms with Crippen LogP contribution in [0.25, 0.3) is 0 Å². The standard InChI is InChI=1S/C11H16N4S/c1-8-9(2)16-11(15-8)14-5-3-4-10-12-6-7-13-10/h6-7H,3-5H2,1-2H3,(H,12,13)(H,14,15). The predicted molar refractivity (Wildman–Crippen MR) is 67.0 cm³/mol. The largest absolute Gasteiger partial charge is 0.361 e. The molecule has 2 heterocycles. The molecular weight excluding hydrogens is 220 g/mol. The molecule has 0 bridgehead atoms. The summed E-state index contributed by atoms with van der Waals surface area (Å²) in [6.07, 6.45) is 5.68. The summed E-state index contributed by atoms with van der Waals surface area (Å²) in [4.78, 5) is 13.0. The van der Waals surface area contributed by atoms with Crippen LogP contribution in [0.15, 0.2) is 12.4 Å². The summed E-state index contributed by atoms with van der Waals surface area (Å²) in [6.45, 7) is 5.08. The molecule has 0 atom stereocenters. The van der Waals surface area contributed by atoms with Crippen LogP contribution in [0, 0.1) is 13.8 Å². The molecule has 0 aliphatic heterocycles. The second-order valence-electron chi connectivity index (χ2n) is 3.73. The number of anilines is 1. The average Bonchev–Trinajstić information content (AvgIpc) is 2.85. The van der Waals surface area contributed by atoms with Gasteiger partial charge in [-0.05, 0) is 20.3 Å². The Morgan fingerprint density at radius 2 is 2.31 bits per heavy atom. The Morgan fingerprint density at radius 1 is 1.44 bits per heavy atom. The van der Waals surface area contributed by atoms with Gasteiger partial charge in [-0.1, -0.05) is 0 Å². The molecule has 0 aromatic carbocycles. The lowest BCUT2D eigenvalue weighted by atomic mass is 10.3. The molecule has 4 nitrogen and oxygen atoms in total. The minimum absolute atomic E-state index is 0.938. The third kappa shape index (κ3) is 2.82. The molecule has 0 aliphatic carbocycles. The van der Waals surface area contributed by atoms with Crippen molar-refractivity contribution in [2.75, 3.05) is 11.9 Å². The van der Waals surface area contributed by atoms with Gasteiger partial charge in [0.05, 0.1) is 5.69 Å². The first-order valence-corrected chi connectivity index (χ1v) is 6.23. The Labute approximate surface area is 99.2 Å². The average molecular weight is 236 g/mol. The van der Waals surface area contributed by atoms with Crippen molar-refractivity contribution >= 4 is 16.5 Å². The lowest BCUT2D eigenvalue weighted by Gasteiger charge is -2.00.